The van der Waals surface area contributed by atoms with Crippen LogP contribution in [0.5, 0.6) is 5.75 Å². The number of aliphatic carboxylic acids is 1. The summed E-state index contributed by atoms with van der Waals surface area (Å²) in [5, 5.41) is 13.8. The Morgan fingerprint density at radius 1 is 1.22 bits per heavy atom. The highest BCUT2D eigenvalue weighted by molar-refractivity contribution is 8.00. The average Bonchev–Trinajstić information content (AvgIpc) is 2.70. The van der Waals surface area contributed by atoms with Crippen molar-refractivity contribution in [2.75, 3.05) is 5.75 Å². The molecule has 3 rings (SSSR count). The van der Waals surface area contributed by atoms with Crippen molar-refractivity contribution in [3.63, 3.8) is 0 Å². The largest absolute Gasteiger partial charge is 0.477 e. The maximum Gasteiger partial charge on any atom is 0.410 e. The molecule has 1 fully saturated rings. The second-order valence-electron chi connectivity index (χ2n) is 8.29. The van der Waals surface area contributed by atoms with Gasteiger partial charge in [-0.15, -0.1) is 11.8 Å². The van der Waals surface area contributed by atoms with Crippen LogP contribution in [0.15, 0.2) is 41.6 Å². The van der Waals surface area contributed by atoms with Gasteiger partial charge in [-0.2, -0.15) is 0 Å². The van der Waals surface area contributed by atoms with Gasteiger partial charge in [0.1, 0.15) is 28.5 Å². The summed E-state index contributed by atoms with van der Waals surface area (Å²) in [6, 6.07) is 7.43. The number of ether oxygens (including phenoxy) is 2. The number of carbonyl (C=O) groups is 4. The molecule has 0 saturated carbocycles. The van der Waals surface area contributed by atoms with E-state index in [1.807, 2.05) is 0 Å². The fourth-order valence-corrected chi connectivity index (χ4v) is 4.50. The Morgan fingerprint density at radius 2 is 1.88 bits per heavy atom. The molecule has 10 nitrogen and oxygen atoms in total. The number of fused-ring (bicyclic) bond motifs is 1. The predicted octanol–water partition coefficient (Wildman–Crippen LogP) is 1.67. The molecular formula is C21H25N3O7S. The number of carboxylic acid groups (broad SMARTS) is 1. The number of benzene rings is 1. The minimum atomic E-state index is -1.47. The van der Waals surface area contributed by atoms with Crippen molar-refractivity contribution >= 4 is 35.6 Å². The molecule has 0 radical (unpaired) electrons. The standard InChI is InChI=1S/C21H25N3O7S/c1-11-10-32-18-13(17(26)24(18)14(11)19(27)28)22-15(25)16(23-20(29)31-21(2,3)4)30-12-8-6-5-7-9-12/h5-9,13,16,18H,10H2,1-4H3,(H,22,25)(H,23,29)(H,27,28)/t13?,16?,18-/m0/s1. The fourth-order valence-electron chi connectivity index (χ4n) is 3.20. The zero-order valence-corrected chi connectivity index (χ0v) is 18.9. The van der Waals surface area contributed by atoms with Gasteiger partial charge in [0, 0.05) is 5.75 Å². The minimum Gasteiger partial charge on any atom is -0.477 e. The first kappa shape index (κ1) is 23.5. The van der Waals surface area contributed by atoms with E-state index in [1.54, 1.807) is 58.0 Å². The van der Waals surface area contributed by atoms with Crippen molar-refractivity contribution in [3.8, 4) is 5.75 Å². The summed E-state index contributed by atoms with van der Waals surface area (Å²) < 4.78 is 10.8. The van der Waals surface area contributed by atoms with Gasteiger partial charge < -0.3 is 19.9 Å². The van der Waals surface area contributed by atoms with Crippen molar-refractivity contribution in [2.45, 2.75) is 50.9 Å². The van der Waals surface area contributed by atoms with E-state index >= 15 is 0 Å². The van der Waals surface area contributed by atoms with Crippen molar-refractivity contribution < 1.29 is 33.8 Å². The van der Waals surface area contributed by atoms with Crippen LogP contribution < -0.4 is 15.4 Å². The van der Waals surface area contributed by atoms with Crippen molar-refractivity contribution in [1.29, 1.82) is 0 Å². The molecule has 32 heavy (non-hydrogen) atoms. The molecule has 2 unspecified atom stereocenters. The fraction of sp³-hybridized carbons (Fsp3) is 0.429. The quantitative estimate of drug-likeness (QED) is 0.428. The molecule has 3 amide bonds. The topological polar surface area (TPSA) is 134 Å². The van der Waals surface area contributed by atoms with Crippen LogP contribution in [0.4, 0.5) is 4.79 Å². The first-order valence-corrected chi connectivity index (χ1v) is 10.9. The Labute approximate surface area is 189 Å². The highest BCUT2D eigenvalue weighted by Crippen LogP contribution is 2.40. The van der Waals surface area contributed by atoms with Crippen LogP contribution in [0, 0.1) is 0 Å². The number of carbonyl (C=O) groups excluding carboxylic acids is 3. The van der Waals surface area contributed by atoms with Gasteiger partial charge in [0.05, 0.1) is 0 Å². The predicted molar refractivity (Wildman–Crippen MR) is 116 cm³/mol. The first-order chi connectivity index (χ1) is 15.0. The van der Waals surface area contributed by atoms with Crippen LogP contribution in [-0.2, 0) is 19.1 Å². The third-order valence-corrected chi connectivity index (χ3v) is 5.97. The van der Waals surface area contributed by atoms with E-state index in [0.717, 1.165) is 0 Å². The number of nitrogens with zero attached hydrogens (tertiary/aromatic N) is 1. The molecule has 0 spiro atoms. The lowest BCUT2D eigenvalue weighted by Crippen LogP contribution is -2.72. The third-order valence-electron chi connectivity index (χ3n) is 4.54. The number of hydrogen-bond donors (Lipinski definition) is 3. The summed E-state index contributed by atoms with van der Waals surface area (Å²) in [5.74, 6) is -1.75. The number of amides is 3. The van der Waals surface area contributed by atoms with Crippen LogP contribution in [0.3, 0.4) is 0 Å². The zero-order chi connectivity index (χ0) is 23.6. The van der Waals surface area contributed by atoms with Gasteiger partial charge >= 0.3 is 12.1 Å². The second kappa shape index (κ2) is 9.11. The Bertz CT molecular complexity index is 958. The monoisotopic (exact) mass is 463 g/mol. The summed E-state index contributed by atoms with van der Waals surface area (Å²) in [6.45, 7) is 6.69. The highest BCUT2D eigenvalue weighted by atomic mass is 32.2. The number of rotatable bonds is 6. The molecule has 0 aromatic heterocycles. The number of β-lactam (4-membered cyclic amide) rings is 1. The van der Waals surface area contributed by atoms with Gasteiger partial charge in [0.2, 0.25) is 0 Å². The normalized spacial score (nSPS) is 21.1. The Kier molecular flexibility index (Phi) is 6.68. The smallest absolute Gasteiger partial charge is 0.410 e. The van der Waals surface area contributed by atoms with Crippen LogP contribution in [0.1, 0.15) is 27.7 Å². The summed E-state index contributed by atoms with van der Waals surface area (Å²) in [4.78, 5) is 50.5. The maximum atomic E-state index is 12.9. The molecule has 3 atom stereocenters. The molecule has 11 heteroatoms. The van der Waals surface area contributed by atoms with Crippen LogP contribution in [-0.4, -0.2) is 62.9 Å². The number of carboxylic acids is 1. The molecule has 0 bridgehead atoms. The summed E-state index contributed by atoms with van der Waals surface area (Å²) in [7, 11) is 0. The SMILES string of the molecule is CC1=C(C(=O)O)N2C(=O)C(NC(=O)C(NC(=O)OC(C)(C)C)Oc3ccccc3)[C@@H]2SC1. The lowest BCUT2D eigenvalue weighted by Gasteiger charge is -2.49. The van der Waals surface area contributed by atoms with Crippen molar-refractivity contribution in [2.24, 2.45) is 0 Å². The summed E-state index contributed by atoms with van der Waals surface area (Å²) in [5.41, 5.74) is -0.277. The van der Waals surface area contributed by atoms with Gasteiger partial charge in [0.15, 0.2) is 0 Å². The number of hydrogen-bond acceptors (Lipinski definition) is 7. The molecule has 1 aromatic carbocycles. The van der Waals surface area contributed by atoms with E-state index in [-0.39, 0.29) is 5.70 Å². The van der Waals surface area contributed by atoms with E-state index in [2.05, 4.69) is 10.6 Å². The number of nitrogens with one attached hydrogen (secondary N) is 2. The van der Waals surface area contributed by atoms with Crippen molar-refractivity contribution in [1.82, 2.24) is 15.5 Å². The maximum absolute atomic E-state index is 12.9. The average molecular weight is 464 g/mol. The molecule has 2 aliphatic heterocycles. The molecule has 1 saturated heterocycles. The zero-order valence-electron chi connectivity index (χ0n) is 18.1. The van der Waals surface area contributed by atoms with E-state index in [4.69, 9.17) is 9.47 Å². The van der Waals surface area contributed by atoms with Gasteiger partial charge in [0.25, 0.3) is 18.0 Å². The number of alkyl carbamates (subject to hydrolysis) is 1. The van der Waals surface area contributed by atoms with E-state index in [0.29, 0.717) is 17.1 Å². The third kappa shape index (κ3) is 5.16. The molecule has 1 aromatic rings. The van der Waals surface area contributed by atoms with Gasteiger partial charge in [-0.25, -0.2) is 9.59 Å². The van der Waals surface area contributed by atoms with Crippen LogP contribution >= 0.6 is 11.8 Å². The summed E-state index contributed by atoms with van der Waals surface area (Å²) in [6.07, 6.45) is -2.34. The Balaban J connectivity index is 1.73. The first-order valence-electron chi connectivity index (χ1n) is 9.87. The van der Waals surface area contributed by atoms with Crippen molar-refractivity contribution in [3.05, 3.63) is 41.6 Å². The number of thioether (sulfide) groups is 1. The molecule has 0 aliphatic carbocycles. The Morgan fingerprint density at radius 3 is 2.47 bits per heavy atom. The number of para-hydroxylation sites is 1. The molecule has 172 valence electrons. The van der Waals surface area contributed by atoms with E-state index < -0.39 is 47.1 Å². The van der Waals surface area contributed by atoms with E-state index in [9.17, 15) is 24.3 Å². The van der Waals surface area contributed by atoms with Crippen LogP contribution in [0.2, 0.25) is 0 Å². The molecule has 3 N–H and O–H groups in total. The van der Waals surface area contributed by atoms with Gasteiger partial charge in [-0.1, -0.05) is 18.2 Å². The van der Waals surface area contributed by atoms with Gasteiger partial charge in [-0.3, -0.25) is 19.8 Å². The molecular weight excluding hydrogens is 438 g/mol. The Hall–Kier alpha value is -3.21. The lowest BCUT2D eigenvalue weighted by molar-refractivity contribution is -0.151. The van der Waals surface area contributed by atoms with E-state index in [1.165, 1.54) is 16.7 Å². The second-order valence-corrected chi connectivity index (χ2v) is 9.39. The highest BCUT2D eigenvalue weighted by Gasteiger charge is 2.54. The molecule has 2 aliphatic rings. The van der Waals surface area contributed by atoms with Gasteiger partial charge in [-0.05, 0) is 45.4 Å². The lowest BCUT2D eigenvalue weighted by atomic mass is 10.0. The molecule has 2 heterocycles. The van der Waals surface area contributed by atoms with Crippen LogP contribution in [0.25, 0.3) is 0 Å². The summed E-state index contributed by atoms with van der Waals surface area (Å²) >= 11 is 1.35. The minimum absolute atomic E-state index is 0.0618.